The number of hydrogen-bond acceptors (Lipinski definition) is 7. The van der Waals surface area contributed by atoms with Crippen LogP contribution in [0, 0.1) is 0 Å². The average Bonchev–Trinajstić information content (AvgIpc) is 2.99. The molecule has 1 aromatic heterocycles. The predicted octanol–water partition coefficient (Wildman–Crippen LogP) is 3.42. The molecule has 2 heterocycles. The number of nitrogens with one attached hydrogen (secondary N) is 4. The molecular weight excluding hydrogens is 538 g/mol. The lowest BCUT2D eigenvalue weighted by Gasteiger charge is -2.37. The Morgan fingerprint density at radius 1 is 0.976 bits per heavy atom. The fraction of sp³-hybridized carbons (Fsp3) is 0.194. The number of ether oxygens (including phenoxy) is 2. The third kappa shape index (κ3) is 5.91. The van der Waals surface area contributed by atoms with Crippen LogP contribution in [0.2, 0.25) is 0 Å². The highest BCUT2D eigenvalue weighted by Gasteiger charge is 2.48. The summed E-state index contributed by atoms with van der Waals surface area (Å²) in [5, 5.41) is 8.00. The van der Waals surface area contributed by atoms with Crippen LogP contribution in [0.4, 0.5) is 4.79 Å². The van der Waals surface area contributed by atoms with E-state index in [4.69, 9.17) is 9.47 Å². The van der Waals surface area contributed by atoms with Crippen molar-refractivity contribution in [3.8, 4) is 16.9 Å². The summed E-state index contributed by atoms with van der Waals surface area (Å²) < 4.78 is 11.6. The number of benzene rings is 3. The number of carbonyl (C=O) groups is 3. The molecule has 4 N–H and O–H groups in total. The van der Waals surface area contributed by atoms with Crippen LogP contribution in [0.25, 0.3) is 22.0 Å². The summed E-state index contributed by atoms with van der Waals surface area (Å²) in [4.78, 5) is 56.5. The molecule has 214 valence electrons. The highest BCUT2D eigenvalue weighted by atomic mass is 16.5. The summed E-state index contributed by atoms with van der Waals surface area (Å²) in [5.41, 5.74) is 1.29. The van der Waals surface area contributed by atoms with Gasteiger partial charge in [0.05, 0.1) is 23.2 Å². The molecule has 1 aliphatic rings. The summed E-state index contributed by atoms with van der Waals surface area (Å²) in [6, 6.07) is 20.9. The molecular formula is C31H29N5O6. The van der Waals surface area contributed by atoms with E-state index in [2.05, 4.69) is 32.5 Å². The minimum absolute atomic E-state index is 0.0571. The van der Waals surface area contributed by atoms with E-state index in [0.717, 1.165) is 16.7 Å². The van der Waals surface area contributed by atoms with Crippen molar-refractivity contribution in [1.82, 2.24) is 25.9 Å². The number of aromatic nitrogens is 2. The SMILES string of the molecule is C=C1NC(=O)NC(=O)C1(CCOCC)Oc1ccc(-c2cccc(CNC(=O)c3nc4ccccc4c(=O)[nH]3)c2)cc1. The number of amides is 4. The molecule has 1 atom stereocenters. The highest BCUT2D eigenvalue weighted by molar-refractivity contribution is 6.05. The second kappa shape index (κ2) is 12.1. The maximum Gasteiger partial charge on any atom is 0.325 e. The Hall–Kier alpha value is -5.29. The molecule has 0 bridgehead atoms. The normalized spacial score (nSPS) is 16.5. The van der Waals surface area contributed by atoms with Gasteiger partial charge in [-0.25, -0.2) is 9.78 Å². The molecule has 3 aromatic carbocycles. The zero-order chi connectivity index (χ0) is 29.7. The second-order valence-electron chi connectivity index (χ2n) is 9.60. The van der Waals surface area contributed by atoms with Gasteiger partial charge in [0, 0.05) is 19.6 Å². The van der Waals surface area contributed by atoms with E-state index in [1.54, 1.807) is 36.4 Å². The maximum absolute atomic E-state index is 12.9. The van der Waals surface area contributed by atoms with Gasteiger partial charge in [-0.05, 0) is 53.9 Å². The van der Waals surface area contributed by atoms with Gasteiger partial charge in [0.25, 0.3) is 17.4 Å². The Morgan fingerprint density at radius 3 is 2.52 bits per heavy atom. The first-order valence-corrected chi connectivity index (χ1v) is 13.3. The van der Waals surface area contributed by atoms with Crippen LogP contribution in [-0.4, -0.2) is 46.6 Å². The first-order chi connectivity index (χ1) is 20.3. The molecule has 0 spiro atoms. The van der Waals surface area contributed by atoms with Gasteiger partial charge in [0.2, 0.25) is 5.60 Å². The summed E-state index contributed by atoms with van der Waals surface area (Å²) in [6.07, 6.45) is 0.157. The van der Waals surface area contributed by atoms with Crippen molar-refractivity contribution < 1.29 is 23.9 Å². The van der Waals surface area contributed by atoms with Gasteiger partial charge in [-0.1, -0.05) is 49.0 Å². The third-order valence-corrected chi connectivity index (χ3v) is 6.84. The van der Waals surface area contributed by atoms with Gasteiger partial charge < -0.3 is 25.1 Å². The summed E-state index contributed by atoms with van der Waals surface area (Å²) >= 11 is 0. The molecule has 1 saturated heterocycles. The lowest BCUT2D eigenvalue weighted by atomic mass is 9.93. The number of H-pyrrole nitrogens is 1. The van der Waals surface area contributed by atoms with Gasteiger partial charge in [-0.2, -0.15) is 0 Å². The molecule has 1 unspecified atom stereocenters. The summed E-state index contributed by atoms with van der Waals surface area (Å²) in [7, 11) is 0. The molecule has 0 aliphatic carbocycles. The smallest absolute Gasteiger partial charge is 0.325 e. The topological polar surface area (TPSA) is 152 Å². The first kappa shape index (κ1) is 28.2. The quantitative estimate of drug-likeness (QED) is 0.214. The largest absolute Gasteiger partial charge is 0.471 e. The van der Waals surface area contributed by atoms with Crippen molar-refractivity contribution in [3.63, 3.8) is 0 Å². The lowest BCUT2D eigenvalue weighted by Crippen LogP contribution is -2.64. The van der Waals surface area contributed by atoms with Gasteiger partial charge in [-0.3, -0.25) is 19.7 Å². The molecule has 4 amide bonds. The van der Waals surface area contributed by atoms with E-state index < -0.39 is 23.4 Å². The fourth-order valence-electron chi connectivity index (χ4n) is 4.63. The van der Waals surface area contributed by atoms with Crippen LogP contribution < -0.4 is 26.2 Å². The molecule has 0 saturated carbocycles. The van der Waals surface area contributed by atoms with Gasteiger partial charge >= 0.3 is 6.03 Å². The Labute approximate surface area is 241 Å². The van der Waals surface area contributed by atoms with E-state index in [9.17, 15) is 19.2 Å². The van der Waals surface area contributed by atoms with Gasteiger partial charge in [-0.15, -0.1) is 0 Å². The number of rotatable bonds is 10. The molecule has 5 rings (SSSR count). The summed E-state index contributed by atoms with van der Waals surface area (Å²) in [6.45, 7) is 6.62. The predicted molar refractivity (Wildman–Crippen MR) is 156 cm³/mol. The van der Waals surface area contributed by atoms with E-state index in [1.807, 2.05) is 43.3 Å². The van der Waals surface area contributed by atoms with Crippen LogP contribution in [0.1, 0.15) is 29.5 Å². The zero-order valence-corrected chi connectivity index (χ0v) is 22.9. The van der Waals surface area contributed by atoms with E-state index >= 15 is 0 Å². The Balaban J connectivity index is 1.28. The van der Waals surface area contributed by atoms with E-state index in [0.29, 0.717) is 23.3 Å². The maximum atomic E-state index is 12.9. The van der Waals surface area contributed by atoms with Crippen LogP contribution in [0.15, 0.2) is 89.9 Å². The van der Waals surface area contributed by atoms with Crippen LogP contribution in [0.5, 0.6) is 5.75 Å². The average molecular weight is 568 g/mol. The fourth-order valence-corrected chi connectivity index (χ4v) is 4.63. The third-order valence-electron chi connectivity index (χ3n) is 6.84. The van der Waals surface area contributed by atoms with E-state index in [1.165, 1.54) is 0 Å². The minimum atomic E-state index is -1.52. The number of imide groups is 1. The Kier molecular flexibility index (Phi) is 8.12. The second-order valence-corrected chi connectivity index (χ2v) is 9.60. The lowest BCUT2D eigenvalue weighted by molar-refractivity contribution is -0.135. The number of hydrogen-bond donors (Lipinski definition) is 4. The monoisotopic (exact) mass is 567 g/mol. The molecule has 11 heteroatoms. The number of para-hydroxylation sites is 1. The van der Waals surface area contributed by atoms with Crippen molar-refractivity contribution in [2.45, 2.75) is 25.5 Å². The molecule has 42 heavy (non-hydrogen) atoms. The van der Waals surface area contributed by atoms with Gasteiger partial charge in [0.1, 0.15) is 5.75 Å². The van der Waals surface area contributed by atoms with Crippen molar-refractivity contribution >= 4 is 28.7 Å². The highest BCUT2D eigenvalue weighted by Crippen LogP contribution is 2.31. The number of aromatic amines is 1. The van der Waals surface area contributed by atoms with Gasteiger partial charge in [0.15, 0.2) is 5.82 Å². The zero-order valence-electron chi connectivity index (χ0n) is 22.9. The number of carbonyl (C=O) groups excluding carboxylic acids is 3. The van der Waals surface area contributed by atoms with Crippen LogP contribution in [0.3, 0.4) is 0 Å². The van der Waals surface area contributed by atoms with Crippen molar-refractivity contribution in [2.75, 3.05) is 13.2 Å². The number of nitrogens with zero attached hydrogens (tertiary/aromatic N) is 1. The molecule has 4 aromatic rings. The minimum Gasteiger partial charge on any atom is -0.471 e. The van der Waals surface area contributed by atoms with Crippen molar-refractivity contribution in [2.24, 2.45) is 0 Å². The van der Waals surface area contributed by atoms with Crippen LogP contribution >= 0.6 is 0 Å². The van der Waals surface area contributed by atoms with Crippen molar-refractivity contribution in [1.29, 1.82) is 0 Å². The Bertz CT molecular complexity index is 1710. The Morgan fingerprint density at radius 2 is 1.76 bits per heavy atom. The first-order valence-electron chi connectivity index (χ1n) is 13.3. The van der Waals surface area contributed by atoms with Crippen LogP contribution in [-0.2, 0) is 16.1 Å². The summed E-state index contributed by atoms with van der Waals surface area (Å²) in [5.74, 6) is -0.758. The van der Waals surface area contributed by atoms with Crippen molar-refractivity contribution in [3.05, 3.63) is 107 Å². The molecule has 0 radical (unpaired) electrons. The standard InChI is InChI=1S/C31H29N5O6/c1-3-41-16-15-31(19(2)33-30(40)36-29(31)39)42-23-13-11-21(12-14-23)22-8-6-7-20(17-22)18-32-28(38)26-34-25-10-5-4-9-24(25)27(37)35-26/h4-14,17H,2-3,15-16,18H2,1H3,(H,32,38)(H,34,35,37)(H2,33,36,39,40). The number of fused-ring (bicyclic) bond motifs is 1. The number of urea groups is 1. The molecule has 11 nitrogen and oxygen atoms in total. The van der Waals surface area contributed by atoms with E-state index in [-0.39, 0.29) is 36.7 Å². The molecule has 1 fully saturated rings. The molecule has 1 aliphatic heterocycles.